The van der Waals surface area contributed by atoms with Crippen LogP contribution in [0.25, 0.3) is 0 Å². The van der Waals surface area contributed by atoms with Crippen molar-refractivity contribution in [2.24, 2.45) is 0 Å². The molecular formula is C18H23NO. The van der Waals surface area contributed by atoms with E-state index in [1.54, 1.807) is 7.11 Å². The molecule has 0 aliphatic rings. The first-order valence-electron chi connectivity index (χ1n) is 7.18. The molecule has 1 unspecified atom stereocenters. The molecule has 0 spiro atoms. The average molecular weight is 269 g/mol. The van der Waals surface area contributed by atoms with Crippen LogP contribution in [0.15, 0.2) is 48.5 Å². The topological polar surface area (TPSA) is 21.3 Å². The zero-order valence-corrected chi connectivity index (χ0v) is 12.5. The summed E-state index contributed by atoms with van der Waals surface area (Å²) in [4.78, 5) is 0. The molecule has 2 nitrogen and oxygen atoms in total. The van der Waals surface area contributed by atoms with Gasteiger partial charge in [0, 0.05) is 12.6 Å². The van der Waals surface area contributed by atoms with Crippen LogP contribution in [0.5, 0.6) is 5.75 Å². The van der Waals surface area contributed by atoms with Gasteiger partial charge in [0.1, 0.15) is 5.75 Å². The Labute approximate surface area is 121 Å². The normalized spacial score (nSPS) is 12.2. The summed E-state index contributed by atoms with van der Waals surface area (Å²) >= 11 is 0. The highest BCUT2D eigenvalue weighted by Crippen LogP contribution is 2.16. The lowest BCUT2D eigenvalue weighted by atomic mass is 10.0. The van der Waals surface area contributed by atoms with Gasteiger partial charge in [0.25, 0.3) is 0 Å². The van der Waals surface area contributed by atoms with E-state index >= 15 is 0 Å². The Hall–Kier alpha value is -1.80. The molecule has 1 N–H and O–H groups in total. The van der Waals surface area contributed by atoms with Crippen LogP contribution in [0.3, 0.4) is 0 Å². The van der Waals surface area contributed by atoms with E-state index in [-0.39, 0.29) is 0 Å². The molecule has 0 saturated carbocycles. The fraction of sp³-hybridized carbons (Fsp3) is 0.333. The van der Waals surface area contributed by atoms with Crippen LogP contribution in [-0.2, 0) is 13.0 Å². The van der Waals surface area contributed by atoms with E-state index in [0.717, 1.165) is 18.7 Å². The summed E-state index contributed by atoms with van der Waals surface area (Å²) in [5.74, 6) is 0.907. The second-order valence-electron chi connectivity index (χ2n) is 5.05. The van der Waals surface area contributed by atoms with E-state index in [4.69, 9.17) is 4.74 Å². The second kappa shape index (κ2) is 7.11. The first-order valence-corrected chi connectivity index (χ1v) is 7.18. The van der Waals surface area contributed by atoms with Crippen molar-refractivity contribution in [3.8, 4) is 5.75 Å². The summed E-state index contributed by atoms with van der Waals surface area (Å²) in [6.45, 7) is 5.22. The van der Waals surface area contributed by atoms with Crippen LogP contribution in [0.4, 0.5) is 0 Å². The van der Waals surface area contributed by atoms with Crippen molar-refractivity contribution < 1.29 is 4.74 Å². The van der Waals surface area contributed by atoms with Gasteiger partial charge in [-0.2, -0.15) is 0 Å². The summed E-state index contributed by atoms with van der Waals surface area (Å²) in [5, 5.41) is 3.55. The minimum Gasteiger partial charge on any atom is -0.497 e. The maximum Gasteiger partial charge on any atom is 0.119 e. The second-order valence-corrected chi connectivity index (χ2v) is 5.05. The van der Waals surface area contributed by atoms with E-state index in [1.807, 2.05) is 12.1 Å². The number of rotatable bonds is 6. The summed E-state index contributed by atoms with van der Waals surface area (Å²) in [6, 6.07) is 17.4. The smallest absolute Gasteiger partial charge is 0.119 e. The summed E-state index contributed by atoms with van der Waals surface area (Å²) in [6.07, 6.45) is 1.09. The molecule has 1 atom stereocenters. The van der Waals surface area contributed by atoms with Crippen LogP contribution >= 0.6 is 0 Å². The molecule has 0 heterocycles. The molecule has 2 aromatic carbocycles. The Morgan fingerprint density at radius 1 is 1.05 bits per heavy atom. The minimum absolute atomic E-state index is 0.340. The predicted molar refractivity (Wildman–Crippen MR) is 84.1 cm³/mol. The molecule has 0 radical (unpaired) electrons. The summed E-state index contributed by atoms with van der Waals surface area (Å²) < 4.78 is 5.24. The molecule has 0 aliphatic heterocycles. The lowest BCUT2D eigenvalue weighted by Crippen LogP contribution is -2.18. The first kappa shape index (κ1) is 14.6. The first-order chi connectivity index (χ1) is 9.72. The van der Waals surface area contributed by atoms with Crippen molar-refractivity contribution in [1.82, 2.24) is 5.32 Å². The van der Waals surface area contributed by atoms with E-state index in [1.165, 1.54) is 16.7 Å². The molecular weight excluding hydrogens is 246 g/mol. The van der Waals surface area contributed by atoms with Crippen LogP contribution < -0.4 is 10.1 Å². The van der Waals surface area contributed by atoms with Crippen molar-refractivity contribution in [3.05, 3.63) is 65.2 Å². The number of aryl methyl sites for hydroxylation is 1. The van der Waals surface area contributed by atoms with Crippen LogP contribution in [0, 0.1) is 0 Å². The standard InChI is InChI=1S/C18H23NO/c1-4-15-8-10-17(11-9-15)14(2)19-13-16-6-5-7-18(12-16)20-3/h5-12,14,19H,4,13H2,1-3H3. The number of methoxy groups -OCH3 is 1. The number of hydrogen-bond acceptors (Lipinski definition) is 2. The molecule has 2 heteroatoms. The predicted octanol–water partition coefficient (Wildman–Crippen LogP) is 4.11. The Balaban J connectivity index is 1.95. The number of ether oxygens (including phenoxy) is 1. The van der Waals surface area contributed by atoms with Crippen LogP contribution in [0.1, 0.15) is 36.6 Å². The van der Waals surface area contributed by atoms with Gasteiger partial charge in [-0.25, -0.2) is 0 Å². The fourth-order valence-electron chi connectivity index (χ4n) is 2.21. The molecule has 2 aromatic rings. The zero-order valence-electron chi connectivity index (χ0n) is 12.5. The number of nitrogens with one attached hydrogen (secondary N) is 1. The van der Waals surface area contributed by atoms with Crippen LogP contribution in [-0.4, -0.2) is 7.11 Å². The SMILES string of the molecule is CCc1ccc(C(C)NCc2cccc(OC)c2)cc1. The maximum absolute atomic E-state index is 5.24. The third-order valence-corrected chi connectivity index (χ3v) is 3.63. The van der Waals surface area contributed by atoms with Crippen molar-refractivity contribution in [3.63, 3.8) is 0 Å². The minimum atomic E-state index is 0.340. The van der Waals surface area contributed by atoms with E-state index in [2.05, 4.69) is 55.6 Å². The lowest BCUT2D eigenvalue weighted by Gasteiger charge is -2.15. The highest BCUT2D eigenvalue weighted by molar-refractivity contribution is 5.29. The fourth-order valence-corrected chi connectivity index (χ4v) is 2.21. The lowest BCUT2D eigenvalue weighted by molar-refractivity contribution is 0.414. The quantitative estimate of drug-likeness (QED) is 0.852. The highest BCUT2D eigenvalue weighted by atomic mass is 16.5. The van der Waals surface area contributed by atoms with Gasteiger partial charge in [0.15, 0.2) is 0 Å². The molecule has 0 aliphatic carbocycles. The Morgan fingerprint density at radius 2 is 1.80 bits per heavy atom. The van der Waals surface area contributed by atoms with Gasteiger partial charge in [0.05, 0.1) is 7.11 Å². The van der Waals surface area contributed by atoms with Gasteiger partial charge in [-0.1, -0.05) is 43.3 Å². The average Bonchev–Trinajstić information content (AvgIpc) is 2.53. The van der Waals surface area contributed by atoms with Gasteiger partial charge in [-0.15, -0.1) is 0 Å². The summed E-state index contributed by atoms with van der Waals surface area (Å²) in [7, 11) is 1.70. The number of hydrogen-bond donors (Lipinski definition) is 1. The zero-order chi connectivity index (χ0) is 14.4. The molecule has 20 heavy (non-hydrogen) atoms. The molecule has 0 amide bonds. The van der Waals surface area contributed by atoms with Crippen molar-refractivity contribution in [1.29, 1.82) is 0 Å². The molecule has 0 fully saturated rings. The van der Waals surface area contributed by atoms with Gasteiger partial charge in [-0.05, 0) is 42.2 Å². The monoisotopic (exact) mass is 269 g/mol. The van der Waals surface area contributed by atoms with Gasteiger partial charge >= 0.3 is 0 Å². The molecule has 0 aromatic heterocycles. The third kappa shape index (κ3) is 3.84. The Kier molecular flexibility index (Phi) is 5.19. The molecule has 0 bridgehead atoms. The molecule has 106 valence electrons. The van der Waals surface area contributed by atoms with Crippen molar-refractivity contribution in [2.45, 2.75) is 32.9 Å². The number of benzene rings is 2. The maximum atomic E-state index is 5.24. The third-order valence-electron chi connectivity index (χ3n) is 3.63. The van der Waals surface area contributed by atoms with Gasteiger partial charge in [0.2, 0.25) is 0 Å². The Morgan fingerprint density at radius 3 is 2.45 bits per heavy atom. The highest BCUT2D eigenvalue weighted by Gasteiger charge is 2.05. The van der Waals surface area contributed by atoms with Gasteiger partial charge in [-0.3, -0.25) is 0 Å². The van der Waals surface area contributed by atoms with Gasteiger partial charge < -0.3 is 10.1 Å². The van der Waals surface area contributed by atoms with E-state index < -0.39 is 0 Å². The van der Waals surface area contributed by atoms with Crippen LogP contribution in [0.2, 0.25) is 0 Å². The Bertz CT molecular complexity index is 533. The van der Waals surface area contributed by atoms with Crippen molar-refractivity contribution in [2.75, 3.05) is 7.11 Å². The van der Waals surface area contributed by atoms with E-state index in [0.29, 0.717) is 6.04 Å². The van der Waals surface area contributed by atoms with E-state index in [9.17, 15) is 0 Å². The van der Waals surface area contributed by atoms with Crippen molar-refractivity contribution >= 4 is 0 Å². The largest absolute Gasteiger partial charge is 0.497 e. The summed E-state index contributed by atoms with van der Waals surface area (Å²) in [5.41, 5.74) is 3.94. The molecule has 2 rings (SSSR count). The molecule has 0 saturated heterocycles.